The third kappa shape index (κ3) is 3.17. The van der Waals surface area contributed by atoms with E-state index < -0.39 is 0 Å². The van der Waals surface area contributed by atoms with Gasteiger partial charge in [0.1, 0.15) is 0 Å². The normalized spacial score (nSPS) is 11.4. The van der Waals surface area contributed by atoms with E-state index in [0.29, 0.717) is 0 Å². The standard InChI is InChI=1S/C34H23N/c1-5-17-28-24(11-1)14-9-21-32(28)35(33-22-10-15-25-12-2-6-18-29(25)33)34-23-26-13-3-4-16-27(26)30-19-7-8-20-31(30)34/h1-23H. The molecule has 0 amide bonds. The van der Waals surface area contributed by atoms with Crippen LogP contribution in [0.5, 0.6) is 0 Å². The van der Waals surface area contributed by atoms with Crippen LogP contribution in [0.2, 0.25) is 0 Å². The van der Waals surface area contributed by atoms with Gasteiger partial charge in [-0.3, -0.25) is 0 Å². The zero-order valence-electron chi connectivity index (χ0n) is 19.2. The van der Waals surface area contributed by atoms with Gasteiger partial charge in [-0.25, -0.2) is 0 Å². The van der Waals surface area contributed by atoms with Crippen molar-refractivity contribution in [3.63, 3.8) is 0 Å². The van der Waals surface area contributed by atoms with Crippen molar-refractivity contribution in [2.75, 3.05) is 4.90 Å². The number of rotatable bonds is 3. The molecule has 0 radical (unpaired) electrons. The Morgan fingerprint density at radius 2 is 0.714 bits per heavy atom. The van der Waals surface area contributed by atoms with Crippen molar-refractivity contribution >= 4 is 60.2 Å². The van der Waals surface area contributed by atoms with Crippen molar-refractivity contribution in [1.82, 2.24) is 0 Å². The molecule has 0 heterocycles. The predicted molar refractivity (Wildman–Crippen MR) is 151 cm³/mol. The zero-order chi connectivity index (χ0) is 23.2. The highest BCUT2D eigenvalue weighted by Gasteiger charge is 2.20. The topological polar surface area (TPSA) is 3.24 Å². The smallest absolute Gasteiger partial charge is 0.0546 e. The molecule has 1 nitrogen and oxygen atoms in total. The van der Waals surface area contributed by atoms with Crippen LogP contribution < -0.4 is 4.90 Å². The van der Waals surface area contributed by atoms with Gasteiger partial charge in [-0.1, -0.05) is 121 Å². The Balaban J connectivity index is 1.66. The minimum absolute atomic E-state index is 1.18. The van der Waals surface area contributed by atoms with Crippen LogP contribution in [0, 0.1) is 0 Å². The van der Waals surface area contributed by atoms with Crippen molar-refractivity contribution < 1.29 is 0 Å². The molecule has 0 fully saturated rings. The molecule has 7 aromatic rings. The fraction of sp³-hybridized carbons (Fsp3) is 0. The summed E-state index contributed by atoms with van der Waals surface area (Å²) in [7, 11) is 0. The van der Waals surface area contributed by atoms with Crippen LogP contribution in [0.15, 0.2) is 140 Å². The number of benzene rings is 7. The first-order chi connectivity index (χ1) is 17.4. The number of fused-ring (bicyclic) bond motifs is 5. The Morgan fingerprint density at radius 3 is 1.31 bits per heavy atom. The zero-order valence-corrected chi connectivity index (χ0v) is 19.2. The third-order valence-electron chi connectivity index (χ3n) is 7.00. The molecule has 0 N–H and O–H groups in total. The Kier molecular flexibility index (Phi) is 4.53. The minimum Gasteiger partial charge on any atom is -0.309 e. The summed E-state index contributed by atoms with van der Waals surface area (Å²) >= 11 is 0. The number of hydrogen-bond donors (Lipinski definition) is 0. The van der Waals surface area contributed by atoms with E-state index in [2.05, 4.69) is 144 Å². The molecule has 0 saturated heterocycles. The van der Waals surface area contributed by atoms with E-state index in [-0.39, 0.29) is 0 Å². The van der Waals surface area contributed by atoms with Gasteiger partial charge in [0.25, 0.3) is 0 Å². The molecule has 0 unspecified atom stereocenters. The molecule has 1 heteroatoms. The van der Waals surface area contributed by atoms with Gasteiger partial charge in [-0.05, 0) is 45.1 Å². The molecule has 7 aromatic carbocycles. The lowest BCUT2D eigenvalue weighted by Crippen LogP contribution is -2.11. The van der Waals surface area contributed by atoms with E-state index in [1.807, 2.05) is 0 Å². The van der Waals surface area contributed by atoms with Gasteiger partial charge < -0.3 is 4.90 Å². The van der Waals surface area contributed by atoms with Crippen LogP contribution in [0.3, 0.4) is 0 Å². The van der Waals surface area contributed by atoms with Gasteiger partial charge in [0, 0.05) is 16.2 Å². The van der Waals surface area contributed by atoms with Crippen molar-refractivity contribution in [2.24, 2.45) is 0 Å². The summed E-state index contributed by atoms with van der Waals surface area (Å²) in [6, 6.07) is 50.3. The average molecular weight is 446 g/mol. The quantitative estimate of drug-likeness (QED) is 0.245. The summed E-state index contributed by atoms with van der Waals surface area (Å²) in [5.41, 5.74) is 3.55. The Bertz CT molecular complexity index is 1770. The predicted octanol–water partition coefficient (Wildman–Crippen LogP) is 9.77. The highest BCUT2D eigenvalue weighted by Crippen LogP contribution is 2.45. The van der Waals surface area contributed by atoms with Gasteiger partial charge in [0.15, 0.2) is 0 Å². The van der Waals surface area contributed by atoms with Crippen molar-refractivity contribution in [3.05, 3.63) is 140 Å². The van der Waals surface area contributed by atoms with Gasteiger partial charge in [0.05, 0.1) is 17.1 Å². The van der Waals surface area contributed by atoms with Gasteiger partial charge in [-0.15, -0.1) is 0 Å². The van der Waals surface area contributed by atoms with Crippen LogP contribution >= 0.6 is 0 Å². The molecule has 0 atom stereocenters. The molecule has 0 bridgehead atoms. The van der Waals surface area contributed by atoms with Crippen LogP contribution in [-0.4, -0.2) is 0 Å². The summed E-state index contributed by atoms with van der Waals surface area (Å²) in [4.78, 5) is 2.46. The maximum atomic E-state index is 2.46. The van der Waals surface area contributed by atoms with E-state index >= 15 is 0 Å². The minimum atomic E-state index is 1.18. The summed E-state index contributed by atoms with van der Waals surface area (Å²) in [5.74, 6) is 0. The second-order valence-corrected chi connectivity index (χ2v) is 8.99. The second kappa shape index (κ2) is 8.00. The van der Waals surface area contributed by atoms with Crippen LogP contribution in [0.1, 0.15) is 0 Å². The SMILES string of the molecule is c1ccc2c(N(c3cccc4ccccc34)c3cc4ccccc4c4ccccc34)cccc2c1. The van der Waals surface area contributed by atoms with E-state index in [1.165, 1.54) is 60.2 Å². The molecular formula is C34H23N. The summed E-state index contributed by atoms with van der Waals surface area (Å²) < 4.78 is 0. The molecular weight excluding hydrogens is 422 g/mol. The molecule has 35 heavy (non-hydrogen) atoms. The largest absolute Gasteiger partial charge is 0.309 e. The summed E-state index contributed by atoms with van der Waals surface area (Å²) in [6.07, 6.45) is 0. The van der Waals surface area contributed by atoms with Crippen LogP contribution in [-0.2, 0) is 0 Å². The Hall–Kier alpha value is -4.62. The molecule has 0 aromatic heterocycles. The first-order valence-corrected chi connectivity index (χ1v) is 12.0. The lowest BCUT2D eigenvalue weighted by Gasteiger charge is -2.29. The molecule has 0 spiro atoms. The maximum absolute atomic E-state index is 2.46. The van der Waals surface area contributed by atoms with Crippen molar-refractivity contribution in [1.29, 1.82) is 0 Å². The van der Waals surface area contributed by atoms with E-state index in [4.69, 9.17) is 0 Å². The molecule has 164 valence electrons. The highest BCUT2D eigenvalue weighted by molar-refractivity contribution is 6.16. The van der Waals surface area contributed by atoms with Gasteiger partial charge in [-0.2, -0.15) is 0 Å². The van der Waals surface area contributed by atoms with Gasteiger partial charge in [0.2, 0.25) is 0 Å². The summed E-state index contributed by atoms with van der Waals surface area (Å²) in [6.45, 7) is 0. The molecule has 0 aliphatic carbocycles. The Morgan fingerprint density at radius 1 is 0.286 bits per heavy atom. The Labute approximate surface area is 204 Å². The van der Waals surface area contributed by atoms with Crippen LogP contribution in [0.4, 0.5) is 17.1 Å². The van der Waals surface area contributed by atoms with Crippen molar-refractivity contribution in [3.8, 4) is 0 Å². The molecule has 0 saturated carbocycles. The first kappa shape index (κ1) is 19.8. The molecule has 0 aliphatic rings. The number of nitrogens with zero attached hydrogens (tertiary/aromatic N) is 1. The average Bonchev–Trinajstić information content (AvgIpc) is 2.93. The van der Waals surface area contributed by atoms with Gasteiger partial charge >= 0.3 is 0 Å². The van der Waals surface area contributed by atoms with E-state index in [9.17, 15) is 0 Å². The van der Waals surface area contributed by atoms with Crippen molar-refractivity contribution in [2.45, 2.75) is 0 Å². The fourth-order valence-corrected chi connectivity index (χ4v) is 5.42. The van der Waals surface area contributed by atoms with Crippen LogP contribution in [0.25, 0.3) is 43.1 Å². The monoisotopic (exact) mass is 445 g/mol. The molecule has 0 aliphatic heterocycles. The number of hydrogen-bond acceptors (Lipinski definition) is 1. The fourth-order valence-electron chi connectivity index (χ4n) is 5.42. The lowest BCUT2D eigenvalue weighted by atomic mass is 9.97. The highest BCUT2D eigenvalue weighted by atomic mass is 15.1. The lowest BCUT2D eigenvalue weighted by molar-refractivity contribution is 1.33. The third-order valence-corrected chi connectivity index (χ3v) is 7.00. The summed E-state index contributed by atoms with van der Waals surface area (Å²) in [5, 5.41) is 9.98. The van der Waals surface area contributed by atoms with E-state index in [1.54, 1.807) is 0 Å². The second-order valence-electron chi connectivity index (χ2n) is 8.99. The first-order valence-electron chi connectivity index (χ1n) is 12.0. The number of anilines is 3. The molecule has 7 rings (SSSR count). The van der Waals surface area contributed by atoms with E-state index in [0.717, 1.165) is 0 Å². The maximum Gasteiger partial charge on any atom is 0.0546 e.